The molecule has 2 bridgehead atoms. The lowest BCUT2D eigenvalue weighted by Gasteiger charge is -2.44. The second-order valence-electron chi connectivity index (χ2n) is 4.75. The van der Waals surface area contributed by atoms with Crippen LogP contribution in [0.5, 0.6) is 0 Å². The molecular weight excluding hydrogens is 164 g/mol. The van der Waals surface area contributed by atoms with E-state index in [9.17, 15) is 10.2 Å². The molecule has 3 aliphatic carbocycles. The second kappa shape index (κ2) is 2.58. The molecule has 3 aliphatic rings. The first-order valence-corrected chi connectivity index (χ1v) is 5.30. The first kappa shape index (κ1) is 8.01. The minimum Gasteiger partial charge on any atom is -0.392 e. The van der Waals surface area contributed by atoms with Crippen molar-refractivity contribution in [2.45, 2.75) is 19.3 Å². The van der Waals surface area contributed by atoms with Crippen LogP contribution < -0.4 is 0 Å². The van der Waals surface area contributed by atoms with Gasteiger partial charge in [0, 0.05) is 0 Å². The normalized spacial score (nSPS) is 46.6. The van der Waals surface area contributed by atoms with Gasteiger partial charge in [0.05, 0.1) is 13.2 Å². The van der Waals surface area contributed by atoms with E-state index in [0.29, 0.717) is 11.8 Å². The van der Waals surface area contributed by atoms with Gasteiger partial charge in [0.15, 0.2) is 0 Å². The summed E-state index contributed by atoms with van der Waals surface area (Å²) in [6.07, 6.45) is 4.06. The Balaban J connectivity index is 1.94. The highest BCUT2D eigenvalue weighted by Crippen LogP contribution is 2.63. The fraction of sp³-hybridized carbons (Fsp3) is 0.818. The molecule has 0 aromatic rings. The van der Waals surface area contributed by atoms with Gasteiger partial charge < -0.3 is 10.2 Å². The lowest BCUT2D eigenvalue weighted by molar-refractivity contribution is 0.174. The van der Waals surface area contributed by atoms with E-state index in [1.807, 2.05) is 0 Å². The van der Waals surface area contributed by atoms with Gasteiger partial charge in [-0.1, -0.05) is 0 Å². The molecule has 13 heavy (non-hydrogen) atoms. The molecule has 4 unspecified atom stereocenters. The van der Waals surface area contributed by atoms with Gasteiger partial charge in [-0.25, -0.2) is 0 Å². The molecule has 0 radical (unpaired) electrons. The Morgan fingerprint density at radius 3 is 1.77 bits per heavy atom. The summed E-state index contributed by atoms with van der Waals surface area (Å²) in [4.78, 5) is 0. The first-order valence-electron chi connectivity index (χ1n) is 5.30. The van der Waals surface area contributed by atoms with Crippen molar-refractivity contribution in [1.29, 1.82) is 0 Å². The highest BCUT2D eigenvalue weighted by atomic mass is 16.3. The summed E-state index contributed by atoms with van der Waals surface area (Å²) < 4.78 is 0. The zero-order valence-corrected chi connectivity index (χ0v) is 7.74. The molecule has 2 fully saturated rings. The van der Waals surface area contributed by atoms with Gasteiger partial charge >= 0.3 is 0 Å². The summed E-state index contributed by atoms with van der Waals surface area (Å²) in [5.74, 6) is 3.00. The third kappa shape index (κ3) is 0.810. The third-order valence-electron chi connectivity index (χ3n) is 4.47. The number of aliphatic hydroxyl groups excluding tert-OH is 2. The van der Waals surface area contributed by atoms with Gasteiger partial charge in [-0.15, -0.1) is 0 Å². The van der Waals surface area contributed by atoms with Gasteiger partial charge in [-0.3, -0.25) is 0 Å². The van der Waals surface area contributed by atoms with E-state index >= 15 is 0 Å². The first-order chi connectivity index (χ1) is 6.36. The van der Waals surface area contributed by atoms with Crippen LogP contribution in [0.4, 0.5) is 0 Å². The summed E-state index contributed by atoms with van der Waals surface area (Å²) in [7, 11) is 0. The molecule has 0 amide bonds. The summed E-state index contributed by atoms with van der Waals surface area (Å²) in [5.41, 5.74) is 2.36. The average molecular weight is 180 g/mol. The molecule has 4 atom stereocenters. The fourth-order valence-electron chi connectivity index (χ4n) is 4.04. The molecule has 0 heterocycles. The molecule has 2 heteroatoms. The van der Waals surface area contributed by atoms with Gasteiger partial charge in [0.1, 0.15) is 0 Å². The maximum atomic E-state index is 9.19. The molecule has 3 rings (SSSR count). The van der Waals surface area contributed by atoms with E-state index < -0.39 is 0 Å². The van der Waals surface area contributed by atoms with Crippen molar-refractivity contribution < 1.29 is 10.2 Å². The number of rotatable bonds is 2. The zero-order valence-electron chi connectivity index (χ0n) is 7.74. The van der Waals surface area contributed by atoms with Crippen LogP contribution in [0, 0.1) is 23.7 Å². The van der Waals surface area contributed by atoms with Crippen LogP contribution in [-0.4, -0.2) is 23.4 Å². The van der Waals surface area contributed by atoms with E-state index in [4.69, 9.17) is 0 Å². The maximum absolute atomic E-state index is 9.19. The predicted octanol–water partition coefficient (Wildman–Crippen LogP) is 0.944. The van der Waals surface area contributed by atoms with Crippen molar-refractivity contribution in [2.75, 3.05) is 13.2 Å². The van der Waals surface area contributed by atoms with Gasteiger partial charge in [-0.2, -0.15) is 0 Å². The maximum Gasteiger partial charge on any atom is 0.0648 e. The standard InChI is InChI=1S/C11H16O2/c12-4-8-9(5-13)11-7-2-1-6(3-7)10(8)11/h6-7,10-13H,1-5H2. The Bertz CT molecular complexity index is 243. The Morgan fingerprint density at radius 1 is 0.923 bits per heavy atom. The fourth-order valence-corrected chi connectivity index (χ4v) is 4.04. The molecule has 0 saturated heterocycles. The van der Waals surface area contributed by atoms with Crippen molar-refractivity contribution in [3.8, 4) is 0 Å². The van der Waals surface area contributed by atoms with Gasteiger partial charge in [0.2, 0.25) is 0 Å². The van der Waals surface area contributed by atoms with Crippen molar-refractivity contribution in [3.63, 3.8) is 0 Å². The Hall–Kier alpha value is -0.340. The van der Waals surface area contributed by atoms with Crippen LogP contribution in [0.3, 0.4) is 0 Å². The van der Waals surface area contributed by atoms with E-state index in [1.54, 1.807) is 0 Å². The molecule has 0 spiro atoms. The minimum atomic E-state index is 0.181. The van der Waals surface area contributed by atoms with Crippen molar-refractivity contribution in [3.05, 3.63) is 11.1 Å². The highest BCUT2D eigenvalue weighted by molar-refractivity contribution is 5.38. The van der Waals surface area contributed by atoms with Crippen LogP contribution in [0.2, 0.25) is 0 Å². The summed E-state index contributed by atoms with van der Waals surface area (Å²) in [6.45, 7) is 0.362. The average Bonchev–Trinajstić information content (AvgIpc) is 2.63. The number of fused-ring (bicyclic) bond motifs is 5. The molecule has 2 N–H and O–H groups in total. The lowest BCUT2D eigenvalue weighted by atomic mass is 9.61. The minimum absolute atomic E-state index is 0.181. The Labute approximate surface area is 78.3 Å². The molecule has 0 aromatic heterocycles. The SMILES string of the molecule is OCC1=C(CO)C2C3CCC(C3)C12. The monoisotopic (exact) mass is 180 g/mol. The molecular formula is C11H16O2. The number of aliphatic hydroxyl groups is 2. The van der Waals surface area contributed by atoms with E-state index in [1.165, 1.54) is 30.4 Å². The van der Waals surface area contributed by atoms with Crippen molar-refractivity contribution in [2.24, 2.45) is 23.7 Å². The summed E-state index contributed by atoms with van der Waals surface area (Å²) >= 11 is 0. The zero-order chi connectivity index (χ0) is 9.00. The predicted molar refractivity (Wildman–Crippen MR) is 49.0 cm³/mol. The molecule has 2 saturated carbocycles. The van der Waals surface area contributed by atoms with Crippen molar-refractivity contribution in [1.82, 2.24) is 0 Å². The van der Waals surface area contributed by atoms with E-state index in [2.05, 4.69) is 0 Å². The van der Waals surface area contributed by atoms with Gasteiger partial charge in [-0.05, 0) is 54.1 Å². The highest BCUT2D eigenvalue weighted by Gasteiger charge is 2.55. The summed E-state index contributed by atoms with van der Waals surface area (Å²) in [6, 6.07) is 0. The van der Waals surface area contributed by atoms with E-state index in [0.717, 1.165) is 11.8 Å². The quantitative estimate of drug-likeness (QED) is 0.621. The molecule has 2 nitrogen and oxygen atoms in total. The Kier molecular flexibility index (Phi) is 1.59. The molecule has 72 valence electrons. The van der Waals surface area contributed by atoms with Gasteiger partial charge in [0.25, 0.3) is 0 Å². The van der Waals surface area contributed by atoms with Crippen LogP contribution >= 0.6 is 0 Å². The Morgan fingerprint density at radius 2 is 1.38 bits per heavy atom. The largest absolute Gasteiger partial charge is 0.392 e. The second-order valence-corrected chi connectivity index (χ2v) is 4.75. The van der Waals surface area contributed by atoms with Crippen molar-refractivity contribution >= 4 is 0 Å². The van der Waals surface area contributed by atoms with Crippen LogP contribution in [0.1, 0.15) is 19.3 Å². The third-order valence-corrected chi connectivity index (χ3v) is 4.47. The topological polar surface area (TPSA) is 40.5 Å². The summed E-state index contributed by atoms with van der Waals surface area (Å²) in [5, 5.41) is 18.4. The number of hydrogen-bond donors (Lipinski definition) is 2. The van der Waals surface area contributed by atoms with Crippen LogP contribution in [0.25, 0.3) is 0 Å². The van der Waals surface area contributed by atoms with E-state index in [-0.39, 0.29) is 13.2 Å². The molecule has 0 aromatic carbocycles. The molecule has 0 aliphatic heterocycles. The van der Waals surface area contributed by atoms with Crippen LogP contribution in [0.15, 0.2) is 11.1 Å². The smallest absolute Gasteiger partial charge is 0.0648 e. The van der Waals surface area contributed by atoms with Crippen LogP contribution in [-0.2, 0) is 0 Å². The lowest BCUT2D eigenvalue weighted by Crippen LogP contribution is -2.38. The number of hydrogen-bond acceptors (Lipinski definition) is 2.